The zero-order chi connectivity index (χ0) is 17.9. The molecule has 2 aliphatic carbocycles. The zero-order valence-electron chi connectivity index (χ0n) is 15.2. The van der Waals surface area contributed by atoms with E-state index < -0.39 is 0 Å². The Balaban J connectivity index is 1.39. The fourth-order valence-electron chi connectivity index (χ4n) is 3.67. The van der Waals surface area contributed by atoms with E-state index in [2.05, 4.69) is 27.0 Å². The van der Waals surface area contributed by atoms with Gasteiger partial charge in [-0.05, 0) is 43.7 Å². The van der Waals surface area contributed by atoms with Crippen LogP contribution in [0.4, 0.5) is 0 Å². The second kappa shape index (κ2) is 7.86. The van der Waals surface area contributed by atoms with E-state index in [1.165, 1.54) is 43.9 Å². The van der Waals surface area contributed by atoms with E-state index >= 15 is 0 Å². The van der Waals surface area contributed by atoms with E-state index in [4.69, 9.17) is 4.42 Å². The van der Waals surface area contributed by atoms with E-state index in [0.29, 0.717) is 30.2 Å². The molecule has 2 heterocycles. The fourth-order valence-corrected chi connectivity index (χ4v) is 4.42. The van der Waals surface area contributed by atoms with Crippen LogP contribution in [0, 0.1) is 5.92 Å². The Hall–Kier alpha value is -1.76. The van der Waals surface area contributed by atoms with Crippen molar-refractivity contribution in [3.8, 4) is 0 Å². The molecule has 0 radical (unpaired) electrons. The van der Waals surface area contributed by atoms with Crippen molar-refractivity contribution >= 4 is 17.7 Å². The summed E-state index contributed by atoms with van der Waals surface area (Å²) in [6, 6.07) is 4.17. The second-order valence-corrected chi connectivity index (χ2v) is 8.45. The van der Waals surface area contributed by atoms with Crippen molar-refractivity contribution in [2.45, 2.75) is 69.1 Å². The highest BCUT2D eigenvalue weighted by atomic mass is 32.2. The molecule has 1 N–H and O–H groups in total. The van der Waals surface area contributed by atoms with E-state index in [1.54, 1.807) is 6.26 Å². The molecular weight excluding hydrogens is 348 g/mol. The van der Waals surface area contributed by atoms with Crippen molar-refractivity contribution in [2.24, 2.45) is 5.92 Å². The predicted molar refractivity (Wildman–Crippen MR) is 100 cm³/mol. The summed E-state index contributed by atoms with van der Waals surface area (Å²) >= 11 is 1.47. The summed E-state index contributed by atoms with van der Waals surface area (Å²) in [7, 11) is 0. The molecule has 7 heteroatoms. The van der Waals surface area contributed by atoms with Gasteiger partial charge in [0.2, 0.25) is 5.91 Å². The van der Waals surface area contributed by atoms with E-state index in [1.807, 2.05) is 12.1 Å². The van der Waals surface area contributed by atoms with Gasteiger partial charge in [-0.15, -0.1) is 10.2 Å². The lowest BCUT2D eigenvalue weighted by Crippen LogP contribution is -2.41. The van der Waals surface area contributed by atoms with Crippen molar-refractivity contribution in [1.82, 2.24) is 20.1 Å². The first-order valence-corrected chi connectivity index (χ1v) is 10.6. The molecule has 1 amide bonds. The van der Waals surface area contributed by atoms with Gasteiger partial charge in [0.15, 0.2) is 5.16 Å². The molecule has 2 saturated carbocycles. The number of aromatic nitrogens is 3. The number of rotatable bonds is 7. The van der Waals surface area contributed by atoms with Crippen LogP contribution in [0.25, 0.3) is 0 Å². The summed E-state index contributed by atoms with van der Waals surface area (Å²) in [5.41, 5.74) is 0. The summed E-state index contributed by atoms with van der Waals surface area (Å²) in [5, 5.41) is 12.7. The molecule has 2 aliphatic rings. The van der Waals surface area contributed by atoms with Crippen LogP contribution in [-0.4, -0.2) is 32.5 Å². The standard InChI is InChI=1S/C19H26N4O2S/c1-13-5-2-3-7-16(13)20-17(24)12-26-19-22-21-18(14-8-9-14)23(19)11-15-6-4-10-25-15/h4,6,10,13-14,16H,2-3,5,7-9,11-12H2,1H3,(H,20,24)/t13-,16+/m1/s1. The average Bonchev–Trinajstić information content (AvgIpc) is 3.20. The third-order valence-corrected chi connectivity index (χ3v) is 6.34. The summed E-state index contributed by atoms with van der Waals surface area (Å²) < 4.78 is 7.60. The van der Waals surface area contributed by atoms with Gasteiger partial charge < -0.3 is 9.73 Å². The molecule has 0 spiro atoms. The van der Waals surface area contributed by atoms with Crippen LogP contribution >= 0.6 is 11.8 Å². The fraction of sp³-hybridized carbons (Fsp3) is 0.632. The number of furan rings is 1. The van der Waals surface area contributed by atoms with Gasteiger partial charge in [0, 0.05) is 12.0 Å². The van der Waals surface area contributed by atoms with Gasteiger partial charge in [-0.25, -0.2) is 0 Å². The monoisotopic (exact) mass is 374 g/mol. The molecule has 0 aromatic carbocycles. The number of nitrogens with zero attached hydrogens (tertiary/aromatic N) is 3. The molecule has 26 heavy (non-hydrogen) atoms. The van der Waals surface area contributed by atoms with Crippen molar-refractivity contribution < 1.29 is 9.21 Å². The minimum Gasteiger partial charge on any atom is -0.467 e. The SMILES string of the molecule is C[C@@H]1CCCC[C@@H]1NC(=O)CSc1nnc(C2CC2)n1Cc1ccco1. The van der Waals surface area contributed by atoms with Crippen molar-refractivity contribution in [3.05, 3.63) is 30.0 Å². The molecule has 2 aromatic heterocycles. The number of amides is 1. The largest absolute Gasteiger partial charge is 0.467 e. The van der Waals surface area contributed by atoms with Gasteiger partial charge >= 0.3 is 0 Å². The topological polar surface area (TPSA) is 73.0 Å². The molecule has 0 saturated heterocycles. The zero-order valence-corrected chi connectivity index (χ0v) is 16.0. The minimum atomic E-state index is 0.0919. The number of hydrogen-bond acceptors (Lipinski definition) is 5. The van der Waals surface area contributed by atoms with Crippen LogP contribution in [0.3, 0.4) is 0 Å². The normalized spacial score (nSPS) is 23.1. The summed E-state index contributed by atoms with van der Waals surface area (Å²) in [6.07, 6.45) is 8.81. The number of nitrogens with one attached hydrogen (secondary N) is 1. The lowest BCUT2D eigenvalue weighted by molar-refractivity contribution is -0.119. The van der Waals surface area contributed by atoms with Crippen LogP contribution in [0.2, 0.25) is 0 Å². The van der Waals surface area contributed by atoms with Crippen molar-refractivity contribution in [3.63, 3.8) is 0 Å². The molecular formula is C19H26N4O2S. The van der Waals surface area contributed by atoms with Gasteiger partial charge in [0.1, 0.15) is 11.6 Å². The van der Waals surface area contributed by atoms with Gasteiger partial charge in [0.05, 0.1) is 18.6 Å². The van der Waals surface area contributed by atoms with Crippen LogP contribution in [-0.2, 0) is 11.3 Å². The van der Waals surface area contributed by atoms with Gasteiger partial charge in [-0.3, -0.25) is 9.36 Å². The maximum Gasteiger partial charge on any atom is 0.230 e. The highest BCUT2D eigenvalue weighted by Crippen LogP contribution is 2.40. The Morgan fingerprint density at radius 1 is 1.31 bits per heavy atom. The third kappa shape index (κ3) is 4.14. The minimum absolute atomic E-state index is 0.0919. The van der Waals surface area contributed by atoms with Crippen LogP contribution in [0.1, 0.15) is 63.0 Å². The Kier molecular flexibility index (Phi) is 5.33. The first kappa shape index (κ1) is 17.6. The summed E-state index contributed by atoms with van der Waals surface area (Å²) in [4.78, 5) is 12.4. The molecule has 0 bridgehead atoms. The first-order chi connectivity index (χ1) is 12.7. The van der Waals surface area contributed by atoms with Crippen LogP contribution in [0.15, 0.2) is 28.0 Å². The van der Waals surface area contributed by atoms with Crippen LogP contribution < -0.4 is 5.32 Å². The van der Waals surface area contributed by atoms with Gasteiger partial charge in [0.25, 0.3) is 0 Å². The molecule has 0 aliphatic heterocycles. The molecule has 0 unspecified atom stereocenters. The van der Waals surface area contributed by atoms with Crippen LogP contribution in [0.5, 0.6) is 0 Å². The average molecular weight is 375 g/mol. The van der Waals surface area contributed by atoms with Crippen molar-refractivity contribution in [2.75, 3.05) is 5.75 Å². The molecule has 2 aromatic rings. The number of carbonyl (C=O) groups is 1. The summed E-state index contributed by atoms with van der Waals surface area (Å²) in [6.45, 7) is 2.86. The smallest absolute Gasteiger partial charge is 0.230 e. The Morgan fingerprint density at radius 2 is 2.15 bits per heavy atom. The van der Waals surface area contributed by atoms with E-state index in [-0.39, 0.29) is 5.91 Å². The maximum atomic E-state index is 12.4. The molecule has 140 valence electrons. The van der Waals surface area contributed by atoms with Crippen molar-refractivity contribution in [1.29, 1.82) is 0 Å². The predicted octanol–water partition coefficient (Wildman–Crippen LogP) is 3.58. The first-order valence-electron chi connectivity index (χ1n) is 9.58. The maximum absolute atomic E-state index is 12.4. The van der Waals surface area contributed by atoms with Gasteiger partial charge in [-0.1, -0.05) is 31.5 Å². The number of hydrogen-bond donors (Lipinski definition) is 1. The Labute approximate surface area is 158 Å². The number of carbonyl (C=O) groups excluding carboxylic acids is 1. The molecule has 2 atom stereocenters. The summed E-state index contributed by atoms with van der Waals surface area (Å²) in [5.74, 6) is 3.45. The quantitative estimate of drug-likeness (QED) is 0.750. The van der Waals surface area contributed by atoms with Gasteiger partial charge in [-0.2, -0.15) is 0 Å². The highest BCUT2D eigenvalue weighted by Gasteiger charge is 2.31. The lowest BCUT2D eigenvalue weighted by Gasteiger charge is -2.29. The number of thioether (sulfide) groups is 1. The Morgan fingerprint density at radius 3 is 2.88 bits per heavy atom. The third-order valence-electron chi connectivity index (χ3n) is 5.37. The molecule has 6 nitrogen and oxygen atoms in total. The molecule has 4 rings (SSSR count). The second-order valence-electron chi connectivity index (χ2n) is 7.50. The lowest BCUT2D eigenvalue weighted by atomic mass is 9.86. The molecule has 2 fully saturated rings. The van der Waals surface area contributed by atoms with E-state index in [0.717, 1.165) is 23.2 Å². The highest BCUT2D eigenvalue weighted by molar-refractivity contribution is 7.99. The Bertz CT molecular complexity index is 739. The van der Waals surface area contributed by atoms with E-state index in [9.17, 15) is 4.79 Å².